The molecule has 0 N–H and O–H groups in total. The van der Waals surface area contributed by atoms with Crippen LogP contribution in [0.3, 0.4) is 0 Å². The van der Waals surface area contributed by atoms with Crippen molar-refractivity contribution in [1.29, 1.82) is 0 Å². The Balaban J connectivity index is 4.21. The van der Waals surface area contributed by atoms with E-state index in [-0.39, 0.29) is 0 Å². The molecule has 0 atom stereocenters. The molecular formula is C12H27NO5S2. The molecule has 0 saturated heterocycles. The Morgan fingerprint density at radius 3 is 1.45 bits per heavy atom. The highest BCUT2D eigenvalue weighted by atomic mass is 32.3. The molecule has 0 aromatic carbocycles. The summed E-state index contributed by atoms with van der Waals surface area (Å²) in [4.78, 5) is 0. The van der Waals surface area contributed by atoms with Crippen molar-refractivity contribution in [2.45, 2.75) is 58.3 Å². The highest BCUT2D eigenvalue weighted by molar-refractivity contribution is 7.97. The summed E-state index contributed by atoms with van der Waals surface area (Å²) in [5.41, 5.74) is 0. The number of hydroxylamine groups is 1. The average molecular weight is 329 g/mol. The molecule has 0 aliphatic carbocycles. The second-order valence-electron chi connectivity index (χ2n) is 5.28. The van der Waals surface area contributed by atoms with Crippen LogP contribution < -0.4 is 0 Å². The van der Waals surface area contributed by atoms with E-state index in [4.69, 9.17) is 0 Å². The predicted molar refractivity (Wildman–Crippen MR) is 80.8 cm³/mol. The van der Waals surface area contributed by atoms with E-state index in [0.29, 0.717) is 25.4 Å². The van der Waals surface area contributed by atoms with Gasteiger partial charge in [0.1, 0.15) is 6.54 Å². The van der Waals surface area contributed by atoms with Crippen LogP contribution in [-0.2, 0) is 20.0 Å². The van der Waals surface area contributed by atoms with E-state index in [1.54, 1.807) is 0 Å². The zero-order chi connectivity index (χ0) is 15.9. The van der Waals surface area contributed by atoms with Gasteiger partial charge in [-0.2, -0.15) is 16.8 Å². The Morgan fingerprint density at radius 2 is 1.10 bits per heavy atom. The Bertz CT molecular complexity index is 438. The highest BCUT2D eigenvalue weighted by Gasteiger charge is 2.38. The van der Waals surface area contributed by atoms with E-state index in [1.807, 2.05) is 0 Å². The fraction of sp³-hybridized carbons (Fsp3) is 1.00. The number of sulfonamides is 2. The minimum absolute atomic E-state index is 0.303. The molecule has 0 bridgehead atoms. The summed E-state index contributed by atoms with van der Waals surface area (Å²) in [6.45, 7) is 1.72. The summed E-state index contributed by atoms with van der Waals surface area (Å²) in [6.07, 6.45) is 8.97. The van der Waals surface area contributed by atoms with Crippen LogP contribution in [0.15, 0.2) is 0 Å². The molecule has 0 aromatic rings. The van der Waals surface area contributed by atoms with Crippen molar-refractivity contribution in [3.8, 4) is 0 Å². The average Bonchev–Trinajstić information content (AvgIpc) is 2.29. The number of rotatable bonds is 11. The van der Waals surface area contributed by atoms with Gasteiger partial charge in [0, 0.05) is 0 Å². The minimum atomic E-state index is -4.23. The van der Waals surface area contributed by atoms with Crippen LogP contribution in [0.5, 0.6) is 0 Å². The first kappa shape index (κ1) is 19.8. The number of hydrogen-bond acceptors (Lipinski definition) is 5. The fourth-order valence-corrected chi connectivity index (χ4v) is 4.91. The van der Waals surface area contributed by atoms with E-state index in [0.717, 1.165) is 19.3 Å². The third-order valence-corrected chi connectivity index (χ3v) is 7.31. The summed E-state index contributed by atoms with van der Waals surface area (Å²) in [5, 5.41) is 12.1. The topological polar surface area (TPSA) is 91.3 Å². The molecule has 0 unspecified atom stereocenters. The second-order valence-corrected chi connectivity index (χ2v) is 9.62. The third kappa shape index (κ3) is 6.07. The first-order valence-corrected chi connectivity index (χ1v) is 10.8. The lowest BCUT2D eigenvalue weighted by Gasteiger charge is -2.36. The molecule has 0 saturated carbocycles. The molecule has 0 fully saturated rings. The molecule has 122 valence electrons. The van der Waals surface area contributed by atoms with Crippen LogP contribution in [0.2, 0.25) is 0 Å². The molecule has 8 heteroatoms. The summed E-state index contributed by atoms with van der Waals surface area (Å²) in [5.74, 6) is 0. The van der Waals surface area contributed by atoms with Crippen molar-refractivity contribution in [2.24, 2.45) is 0 Å². The number of hydrogen-bond donors (Lipinski definition) is 0. The SMILES string of the molecule is CCCCCCCCCC[N+]([O-])(S(C)(=O)=O)S(C)(=O)=O. The van der Waals surface area contributed by atoms with E-state index < -0.39 is 30.0 Å². The van der Waals surface area contributed by atoms with Crippen molar-refractivity contribution >= 4 is 20.0 Å². The van der Waals surface area contributed by atoms with Crippen molar-refractivity contribution < 1.29 is 20.3 Å². The quantitative estimate of drug-likeness (QED) is 0.330. The predicted octanol–water partition coefficient (Wildman–Crippen LogP) is 2.36. The van der Waals surface area contributed by atoms with Gasteiger partial charge in [-0.3, -0.25) is 0 Å². The van der Waals surface area contributed by atoms with E-state index in [9.17, 15) is 22.0 Å². The normalized spacial score (nSPS) is 13.6. The first-order chi connectivity index (χ1) is 9.06. The molecule has 6 nitrogen and oxygen atoms in total. The summed E-state index contributed by atoms with van der Waals surface area (Å²) in [6, 6.07) is 0. The molecular weight excluding hydrogens is 302 g/mol. The van der Waals surface area contributed by atoms with Crippen molar-refractivity contribution in [3.63, 3.8) is 0 Å². The van der Waals surface area contributed by atoms with Crippen LogP contribution in [0.1, 0.15) is 58.3 Å². The van der Waals surface area contributed by atoms with Gasteiger partial charge in [-0.1, -0.05) is 45.4 Å². The van der Waals surface area contributed by atoms with Crippen molar-refractivity contribution in [1.82, 2.24) is 0 Å². The van der Waals surface area contributed by atoms with Gasteiger partial charge < -0.3 is 5.21 Å². The van der Waals surface area contributed by atoms with Gasteiger partial charge in [-0.05, 0) is 12.8 Å². The molecule has 0 radical (unpaired) electrons. The monoisotopic (exact) mass is 329 g/mol. The van der Waals surface area contributed by atoms with Crippen LogP contribution >= 0.6 is 0 Å². The molecule has 0 amide bonds. The van der Waals surface area contributed by atoms with E-state index in [2.05, 4.69) is 6.92 Å². The molecule has 0 spiro atoms. The summed E-state index contributed by atoms with van der Waals surface area (Å²) in [7, 11) is -8.47. The van der Waals surface area contributed by atoms with Gasteiger partial charge in [0.25, 0.3) is 0 Å². The van der Waals surface area contributed by atoms with Gasteiger partial charge >= 0.3 is 20.0 Å². The van der Waals surface area contributed by atoms with Gasteiger partial charge in [-0.25, -0.2) is 0 Å². The number of quaternary nitrogens is 1. The molecule has 0 heterocycles. The van der Waals surface area contributed by atoms with Crippen LogP contribution in [-0.4, -0.2) is 39.3 Å². The van der Waals surface area contributed by atoms with Crippen LogP contribution in [0, 0.1) is 5.21 Å². The third-order valence-electron chi connectivity index (χ3n) is 3.30. The van der Waals surface area contributed by atoms with E-state index in [1.165, 1.54) is 19.3 Å². The summed E-state index contributed by atoms with van der Waals surface area (Å²) >= 11 is 0. The molecule has 0 aliphatic heterocycles. The van der Waals surface area contributed by atoms with E-state index >= 15 is 0 Å². The minimum Gasteiger partial charge on any atom is -0.601 e. The van der Waals surface area contributed by atoms with Gasteiger partial charge in [-0.15, -0.1) is 3.46 Å². The second kappa shape index (κ2) is 8.31. The maximum Gasteiger partial charge on any atom is 0.308 e. The van der Waals surface area contributed by atoms with Gasteiger partial charge in [0.05, 0.1) is 12.5 Å². The van der Waals surface area contributed by atoms with Crippen LogP contribution in [0.25, 0.3) is 0 Å². The van der Waals surface area contributed by atoms with Crippen molar-refractivity contribution in [2.75, 3.05) is 19.1 Å². The zero-order valence-electron chi connectivity index (χ0n) is 12.7. The number of unbranched alkanes of at least 4 members (excludes halogenated alkanes) is 7. The number of nitrogens with zero attached hydrogens (tertiary/aromatic N) is 1. The van der Waals surface area contributed by atoms with Gasteiger partial charge in [0.2, 0.25) is 0 Å². The first-order valence-electron chi connectivity index (χ1n) is 7.05. The highest BCUT2D eigenvalue weighted by Crippen LogP contribution is 2.20. The lowest BCUT2D eigenvalue weighted by atomic mass is 10.1. The molecule has 0 rings (SSSR count). The Morgan fingerprint density at radius 1 is 0.750 bits per heavy atom. The molecule has 20 heavy (non-hydrogen) atoms. The summed E-state index contributed by atoms with van der Waals surface area (Å²) < 4.78 is 43.5. The van der Waals surface area contributed by atoms with Crippen molar-refractivity contribution in [3.05, 3.63) is 5.21 Å². The lowest BCUT2D eigenvalue weighted by Crippen LogP contribution is -2.51. The molecule has 0 aliphatic rings. The smallest absolute Gasteiger partial charge is 0.308 e. The maximum atomic E-state index is 12.1. The standard InChI is InChI=1S/C12H27NO5S2/c1-4-5-6-7-8-9-10-11-12-13(14,19(2,15)16)20(3,17)18/h4-12H2,1-3H3. The molecule has 0 aromatic heterocycles. The Hall–Kier alpha value is -0.180. The fourth-order valence-electron chi connectivity index (χ4n) is 2.02. The zero-order valence-corrected chi connectivity index (χ0v) is 14.3. The largest absolute Gasteiger partial charge is 0.601 e. The Kier molecular flexibility index (Phi) is 8.23. The van der Waals surface area contributed by atoms with Crippen LogP contribution in [0.4, 0.5) is 0 Å². The maximum absolute atomic E-state index is 12.1. The Labute approximate surface area is 123 Å². The van der Waals surface area contributed by atoms with Gasteiger partial charge in [0.15, 0.2) is 0 Å². The lowest BCUT2D eigenvalue weighted by molar-refractivity contribution is -0.611.